The largest absolute Gasteiger partial charge is 0.368 e. The van der Waals surface area contributed by atoms with E-state index < -0.39 is 0 Å². The molecule has 3 heterocycles. The number of aromatic nitrogens is 2. The molecule has 0 spiro atoms. The molecule has 1 aliphatic heterocycles. The van der Waals surface area contributed by atoms with Crippen LogP contribution in [0.15, 0.2) is 17.8 Å². The van der Waals surface area contributed by atoms with E-state index in [1.165, 1.54) is 13.1 Å². The lowest BCUT2D eigenvalue weighted by atomic mass is 10.3. The predicted octanol–water partition coefficient (Wildman–Crippen LogP) is 1.35. The second-order valence-electron chi connectivity index (χ2n) is 4.93. The second-order valence-corrected chi connectivity index (χ2v) is 5.83. The minimum atomic E-state index is 0.936. The zero-order valence-corrected chi connectivity index (χ0v) is 12.0. The number of piperazine rings is 1. The average molecular weight is 277 g/mol. The molecule has 1 N–H and O–H groups in total. The Hall–Kier alpha value is -1.24. The van der Waals surface area contributed by atoms with E-state index in [2.05, 4.69) is 43.6 Å². The number of hydrogen-bond acceptors (Lipinski definition) is 6. The molecular formula is C13H19N5S. The number of nitrogens with zero attached hydrogens (tertiary/aromatic N) is 4. The lowest BCUT2D eigenvalue weighted by molar-refractivity contribution is 0.158. The molecule has 0 saturated carbocycles. The monoisotopic (exact) mass is 277 g/mol. The van der Waals surface area contributed by atoms with E-state index in [1.54, 1.807) is 17.7 Å². The van der Waals surface area contributed by atoms with E-state index in [4.69, 9.17) is 0 Å². The standard InChI is InChI=1S/C13H19N5S/c1-17-5-7-18(8-6-17)4-3-14-12-11-2-9-19-13(11)16-10-15-12/h2,9-10H,3-8H2,1H3,(H,14,15,16). The summed E-state index contributed by atoms with van der Waals surface area (Å²) in [5.41, 5.74) is 0. The van der Waals surface area contributed by atoms with Crippen LogP contribution in [0.4, 0.5) is 5.82 Å². The molecule has 0 bridgehead atoms. The molecular weight excluding hydrogens is 258 g/mol. The first kappa shape index (κ1) is 12.8. The summed E-state index contributed by atoms with van der Waals surface area (Å²) in [5, 5.41) is 6.62. The van der Waals surface area contributed by atoms with Gasteiger partial charge in [-0.05, 0) is 18.5 Å². The molecule has 6 heteroatoms. The highest BCUT2D eigenvalue weighted by Gasteiger charge is 2.13. The molecule has 3 rings (SSSR count). The number of thiophene rings is 1. The number of hydrogen-bond donors (Lipinski definition) is 1. The van der Waals surface area contributed by atoms with Crippen LogP contribution in [0.2, 0.25) is 0 Å². The number of nitrogens with one attached hydrogen (secondary N) is 1. The van der Waals surface area contributed by atoms with Crippen molar-refractivity contribution >= 4 is 27.4 Å². The van der Waals surface area contributed by atoms with Crippen LogP contribution >= 0.6 is 11.3 Å². The van der Waals surface area contributed by atoms with Gasteiger partial charge in [0.25, 0.3) is 0 Å². The first-order valence-corrected chi connectivity index (χ1v) is 7.54. The van der Waals surface area contributed by atoms with Crippen molar-refractivity contribution in [2.75, 3.05) is 51.6 Å². The third kappa shape index (κ3) is 3.02. The fourth-order valence-electron chi connectivity index (χ4n) is 2.33. The smallest absolute Gasteiger partial charge is 0.138 e. The number of rotatable bonds is 4. The molecule has 0 radical (unpaired) electrons. The molecule has 2 aromatic rings. The lowest BCUT2D eigenvalue weighted by Crippen LogP contribution is -2.45. The van der Waals surface area contributed by atoms with Crippen molar-refractivity contribution in [2.45, 2.75) is 0 Å². The van der Waals surface area contributed by atoms with Crippen molar-refractivity contribution in [2.24, 2.45) is 0 Å². The van der Waals surface area contributed by atoms with Gasteiger partial charge in [-0.15, -0.1) is 11.3 Å². The maximum absolute atomic E-state index is 4.33. The van der Waals surface area contributed by atoms with Crippen molar-refractivity contribution in [1.82, 2.24) is 19.8 Å². The summed E-state index contributed by atoms with van der Waals surface area (Å²) >= 11 is 1.66. The van der Waals surface area contributed by atoms with Crippen LogP contribution < -0.4 is 5.32 Å². The van der Waals surface area contributed by atoms with E-state index >= 15 is 0 Å². The van der Waals surface area contributed by atoms with Crippen molar-refractivity contribution in [1.29, 1.82) is 0 Å². The van der Waals surface area contributed by atoms with Crippen LogP contribution in [0.1, 0.15) is 0 Å². The van der Waals surface area contributed by atoms with E-state index in [0.717, 1.165) is 42.2 Å². The van der Waals surface area contributed by atoms with Gasteiger partial charge in [-0.3, -0.25) is 4.90 Å². The topological polar surface area (TPSA) is 44.3 Å². The molecule has 0 amide bonds. The fourth-order valence-corrected chi connectivity index (χ4v) is 3.07. The SMILES string of the molecule is CN1CCN(CCNc2ncnc3sccc23)CC1. The van der Waals surface area contributed by atoms with Gasteiger partial charge < -0.3 is 10.2 Å². The lowest BCUT2D eigenvalue weighted by Gasteiger charge is -2.32. The van der Waals surface area contributed by atoms with Crippen LogP contribution in [-0.4, -0.2) is 66.1 Å². The molecule has 0 aliphatic carbocycles. The number of anilines is 1. The van der Waals surface area contributed by atoms with E-state index in [0.29, 0.717) is 0 Å². The summed E-state index contributed by atoms with van der Waals surface area (Å²) in [5.74, 6) is 0.959. The molecule has 0 atom stereocenters. The van der Waals surface area contributed by atoms with Crippen LogP contribution in [-0.2, 0) is 0 Å². The van der Waals surface area contributed by atoms with Gasteiger partial charge in [-0.2, -0.15) is 0 Å². The Morgan fingerprint density at radius 2 is 2.11 bits per heavy atom. The van der Waals surface area contributed by atoms with Crippen molar-refractivity contribution in [3.63, 3.8) is 0 Å². The van der Waals surface area contributed by atoms with Gasteiger partial charge in [-0.1, -0.05) is 0 Å². The highest BCUT2D eigenvalue weighted by atomic mass is 32.1. The minimum absolute atomic E-state index is 0.936. The van der Waals surface area contributed by atoms with Crippen molar-refractivity contribution < 1.29 is 0 Å². The summed E-state index contributed by atoms with van der Waals surface area (Å²) in [7, 11) is 2.18. The fraction of sp³-hybridized carbons (Fsp3) is 0.538. The average Bonchev–Trinajstić information content (AvgIpc) is 2.90. The summed E-state index contributed by atoms with van der Waals surface area (Å²) in [6.07, 6.45) is 1.64. The van der Waals surface area contributed by atoms with E-state index in [1.807, 2.05) is 0 Å². The summed E-state index contributed by atoms with van der Waals surface area (Å²) in [6.45, 7) is 6.67. The predicted molar refractivity (Wildman–Crippen MR) is 79.8 cm³/mol. The van der Waals surface area contributed by atoms with Gasteiger partial charge in [0.2, 0.25) is 0 Å². The zero-order chi connectivity index (χ0) is 13.1. The van der Waals surface area contributed by atoms with E-state index in [9.17, 15) is 0 Å². The highest BCUT2D eigenvalue weighted by molar-refractivity contribution is 7.16. The third-order valence-corrected chi connectivity index (χ3v) is 4.40. The van der Waals surface area contributed by atoms with E-state index in [-0.39, 0.29) is 0 Å². The number of fused-ring (bicyclic) bond motifs is 1. The molecule has 0 aromatic carbocycles. The Morgan fingerprint density at radius 1 is 1.26 bits per heavy atom. The molecule has 1 fully saturated rings. The van der Waals surface area contributed by atoms with Gasteiger partial charge in [0.15, 0.2) is 0 Å². The Kier molecular flexibility index (Phi) is 3.91. The molecule has 2 aromatic heterocycles. The quantitative estimate of drug-likeness (QED) is 0.914. The molecule has 5 nitrogen and oxygen atoms in total. The summed E-state index contributed by atoms with van der Waals surface area (Å²) in [6, 6.07) is 2.08. The normalized spacial score (nSPS) is 17.9. The minimum Gasteiger partial charge on any atom is -0.368 e. The van der Waals surface area contributed by atoms with Gasteiger partial charge >= 0.3 is 0 Å². The van der Waals surface area contributed by atoms with Crippen LogP contribution in [0.5, 0.6) is 0 Å². The zero-order valence-electron chi connectivity index (χ0n) is 11.2. The number of likely N-dealkylation sites (N-methyl/N-ethyl adjacent to an activating group) is 1. The Balaban J connectivity index is 1.53. The first-order valence-electron chi connectivity index (χ1n) is 6.66. The van der Waals surface area contributed by atoms with Gasteiger partial charge in [-0.25, -0.2) is 9.97 Å². The Bertz CT molecular complexity index is 533. The molecule has 1 saturated heterocycles. The van der Waals surface area contributed by atoms with Gasteiger partial charge in [0, 0.05) is 39.3 Å². The highest BCUT2D eigenvalue weighted by Crippen LogP contribution is 2.23. The molecule has 102 valence electrons. The Morgan fingerprint density at radius 3 is 2.95 bits per heavy atom. The van der Waals surface area contributed by atoms with Gasteiger partial charge in [0.1, 0.15) is 17.0 Å². The Labute approximate surface area is 117 Å². The van der Waals surface area contributed by atoms with Crippen LogP contribution in [0, 0.1) is 0 Å². The van der Waals surface area contributed by atoms with Crippen LogP contribution in [0.3, 0.4) is 0 Å². The molecule has 19 heavy (non-hydrogen) atoms. The maximum Gasteiger partial charge on any atom is 0.138 e. The first-order chi connectivity index (χ1) is 9.33. The van der Waals surface area contributed by atoms with Crippen LogP contribution in [0.25, 0.3) is 10.2 Å². The van der Waals surface area contributed by atoms with Crippen molar-refractivity contribution in [3.05, 3.63) is 17.8 Å². The summed E-state index contributed by atoms with van der Waals surface area (Å²) in [4.78, 5) is 14.5. The summed E-state index contributed by atoms with van der Waals surface area (Å²) < 4.78 is 0. The maximum atomic E-state index is 4.33. The van der Waals surface area contributed by atoms with Crippen molar-refractivity contribution in [3.8, 4) is 0 Å². The molecule has 0 unspecified atom stereocenters. The van der Waals surface area contributed by atoms with Gasteiger partial charge in [0.05, 0.1) is 5.39 Å². The molecule has 1 aliphatic rings. The third-order valence-electron chi connectivity index (χ3n) is 3.58. The second kappa shape index (κ2) is 5.81.